The van der Waals surface area contributed by atoms with Gasteiger partial charge >= 0.3 is 12.8 Å². The number of hydrogen-bond donors (Lipinski definition) is 0. The van der Waals surface area contributed by atoms with E-state index in [4.69, 9.17) is 0 Å². The Labute approximate surface area is 111 Å². The Kier molecular flexibility index (Phi) is 5.29. The Hall–Kier alpha value is -1.86. The maximum absolute atomic E-state index is 12.0. The average Bonchev–Trinajstić information content (AvgIpc) is 2.33. The van der Waals surface area contributed by atoms with Crippen LogP contribution < -0.4 is 4.74 Å². The molecule has 0 spiro atoms. The first kappa shape index (κ1) is 16.2. The third-order valence-electron chi connectivity index (χ3n) is 2.38. The van der Waals surface area contributed by atoms with Crippen LogP contribution in [-0.4, -0.2) is 37.2 Å². The minimum absolute atomic E-state index is 0.0205. The highest BCUT2D eigenvalue weighted by Gasteiger charge is 2.28. The number of rotatable bonds is 5. The molecule has 8 heteroatoms. The van der Waals surface area contributed by atoms with Crippen molar-refractivity contribution in [2.24, 2.45) is 0 Å². The largest absolute Gasteiger partial charge is 0.435 e. The van der Waals surface area contributed by atoms with Gasteiger partial charge in [0.25, 0.3) is 5.91 Å². The molecule has 1 rings (SSSR count). The molecule has 0 aliphatic heterocycles. The molecule has 0 saturated heterocycles. The van der Waals surface area contributed by atoms with E-state index < -0.39 is 31.7 Å². The first-order valence-electron chi connectivity index (χ1n) is 5.56. The van der Waals surface area contributed by atoms with E-state index in [9.17, 15) is 26.7 Å². The lowest BCUT2D eigenvalue weighted by molar-refractivity contribution is -0.136. The lowest BCUT2D eigenvalue weighted by Gasteiger charge is -2.18. The summed E-state index contributed by atoms with van der Waals surface area (Å²) >= 11 is 0. The Morgan fingerprint density at radius 1 is 1.35 bits per heavy atom. The van der Waals surface area contributed by atoms with Gasteiger partial charge in [0.05, 0.1) is 6.42 Å². The Morgan fingerprint density at radius 3 is 2.55 bits per heavy atom. The molecule has 0 radical (unpaired) electrons. The number of nitrogens with zero attached hydrogens (tertiary/aromatic N) is 1. The molecular formula is C12H12F5NO2. The molecule has 1 aromatic carbocycles. The van der Waals surface area contributed by atoms with Gasteiger partial charge in [-0.2, -0.15) is 22.0 Å². The van der Waals surface area contributed by atoms with Crippen molar-refractivity contribution < 1.29 is 31.5 Å². The van der Waals surface area contributed by atoms with Crippen LogP contribution in [0.25, 0.3) is 0 Å². The number of ether oxygens (including phenoxy) is 1. The molecule has 3 nitrogen and oxygen atoms in total. The number of halogens is 5. The number of carbonyl (C=O) groups excluding carboxylic acids is 1. The zero-order valence-corrected chi connectivity index (χ0v) is 10.5. The van der Waals surface area contributed by atoms with Crippen molar-refractivity contribution in [3.63, 3.8) is 0 Å². The van der Waals surface area contributed by atoms with Gasteiger partial charge in [-0.05, 0) is 18.2 Å². The van der Waals surface area contributed by atoms with Crippen LogP contribution in [0, 0.1) is 0 Å². The SMILES string of the molecule is CN(CCC(F)(F)F)C(=O)c1cccc(OC(F)F)c1. The van der Waals surface area contributed by atoms with Crippen LogP contribution in [0.3, 0.4) is 0 Å². The second kappa shape index (κ2) is 6.53. The van der Waals surface area contributed by atoms with Gasteiger partial charge in [-0.25, -0.2) is 0 Å². The maximum atomic E-state index is 12.0. The van der Waals surface area contributed by atoms with Gasteiger partial charge in [-0.1, -0.05) is 6.07 Å². The Balaban J connectivity index is 2.71. The minimum atomic E-state index is -4.37. The zero-order valence-electron chi connectivity index (χ0n) is 10.5. The highest BCUT2D eigenvalue weighted by Crippen LogP contribution is 2.21. The van der Waals surface area contributed by atoms with Crippen LogP contribution in [0.2, 0.25) is 0 Å². The molecule has 0 N–H and O–H groups in total. The van der Waals surface area contributed by atoms with Crippen LogP contribution in [0.15, 0.2) is 24.3 Å². The summed E-state index contributed by atoms with van der Waals surface area (Å²) in [5, 5.41) is 0. The van der Waals surface area contributed by atoms with Crippen molar-refractivity contribution in [1.82, 2.24) is 4.90 Å². The fourth-order valence-electron chi connectivity index (χ4n) is 1.42. The van der Waals surface area contributed by atoms with Crippen molar-refractivity contribution in [3.05, 3.63) is 29.8 Å². The van der Waals surface area contributed by atoms with Gasteiger partial charge in [0.2, 0.25) is 0 Å². The lowest BCUT2D eigenvalue weighted by Crippen LogP contribution is -2.30. The monoisotopic (exact) mass is 297 g/mol. The van der Waals surface area contributed by atoms with Crippen LogP contribution in [0.4, 0.5) is 22.0 Å². The number of alkyl halides is 5. The summed E-state index contributed by atoms with van der Waals surface area (Å²) in [5.74, 6) is -0.927. The third-order valence-corrected chi connectivity index (χ3v) is 2.38. The fourth-order valence-corrected chi connectivity index (χ4v) is 1.42. The summed E-state index contributed by atoms with van der Waals surface area (Å²) in [7, 11) is 1.20. The predicted molar refractivity (Wildman–Crippen MR) is 60.7 cm³/mol. The number of benzene rings is 1. The summed E-state index contributed by atoms with van der Waals surface area (Å²) in [4.78, 5) is 12.7. The summed E-state index contributed by atoms with van der Waals surface area (Å²) in [6, 6.07) is 4.89. The molecule has 0 aromatic heterocycles. The van der Waals surface area contributed by atoms with E-state index >= 15 is 0 Å². The number of amides is 1. The molecule has 0 aliphatic carbocycles. The molecule has 0 atom stereocenters. The topological polar surface area (TPSA) is 29.5 Å². The van der Waals surface area contributed by atoms with E-state index in [2.05, 4.69) is 4.74 Å². The third kappa shape index (κ3) is 5.41. The highest BCUT2D eigenvalue weighted by molar-refractivity contribution is 5.94. The van der Waals surface area contributed by atoms with Gasteiger partial charge in [0.15, 0.2) is 0 Å². The van der Waals surface area contributed by atoms with E-state index in [-0.39, 0.29) is 11.3 Å². The molecule has 0 unspecified atom stereocenters. The van der Waals surface area contributed by atoms with E-state index in [1.165, 1.54) is 25.2 Å². The molecule has 0 saturated carbocycles. The standard InChI is InChI=1S/C12H12F5NO2/c1-18(6-5-12(15,16)17)10(19)8-3-2-4-9(7-8)20-11(13)14/h2-4,7,11H,5-6H2,1H3. The van der Waals surface area contributed by atoms with Crippen molar-refractivity contribution in [2.45, 2.75) is 19.2 Å². The second-order valence-corrected chi connectivity index (χ2v) is 4.00. The maximum Gasteiger partial charge on any atom is 0.390 e. The predicted octanol–water partition coefficient (Wildman–Crippen LogP) is 3.31. The fraction of sp³-hybridized carbons (Fsp3) is 0.417. The van der Waals surface area contributed by atoms with Crippen LogP contribution >= 0.6 is 0 Å². The van der Waals surface area contributed by atoms with Crippen molar-refractivity contribution in [3.8, 4) is 5.75 Å². The van der Waals surface area contributed by atoms with Gasteiger partial charge in [0.1, 0.15) is 5.75 Å². The number of carbonyl (C=O) groups is 1. The average molecular weight is 297 g/mol. The highest BCUT2D eigenvalue weighted by atomic mass is 19.4. The van der Waals surface area contributed by atoms with Crippen LogP contribution in [-0.2, 0) is 0 Å². The normalized spacial score (nSPS) is 11.6. The smallest absolute Gasteiger partial charge is 0.390 e. The molecule has 0 heterocycles. The molecular weight excluding hydrogens is 285 g/mol. The van der Waals surface area contributed by atoms with Gasteiger partial charge in [-0.3, -0.25) is 4.79 Å². The lowest BCUT2D eigenvalue weighted by atomic mass is 10.2. The van der Waals surface area contributed by atoms with Crippen LogP contribution in [0.5, 0.6) is 5.75 Å². The molecule has 1 amide bonds. The molecule has 20 heavy (non-hydrogen) atoms. The minimum Gasteiger partial charge on any atom is -0.435 e. The zero-order chi connectivity index (χ0) is 15.3. The number of hydrogen-bond acceptors (Lipinski definition) is 2. The molecule has 0 fully saturated rings. The van der Waals surface area contributed by atoms with E-state index in [0.29, 0.717) is 0 Å². The van der Waals surface area contributed by atoms with Crippen molar-refractivity contribution >= 4 is 5.91 Å². The van der Waals surface area contributed by atoms with Crippen molar-refractivity contribution in [2.75, 3.05) is 13.6 Å². The Bertz CT molecular complexity index is 461. The molecule has 112 valence electrons. The molecule has 0 bridgehead atoms. The molecule has 1 aromatic rings. The second-order valence-electron chi connectivity index (χ2n) is 4.00. The first-order chi connectivity index (χ1) is 9.19. The summed E-state index contributed by atoms with van der Waals surface area (Å²) in [6.45, 7) is -3.55. The van der Waals surface area contributed by atoms with E-state index in [1.807, 2.05) is 0 Å². The van der Waals surface area contributed by atoms with Crippen LogP contribution in [0.1, 0.15) is 16.8 Å². The first-order valence-corrected chi connectivity index (χ1v) is 5.56. The quantitative estimate of drug-likeness (QED) is 0.780. The Morgan fingerprint density at radius 2 is 2.00 bits per heavy atom. The van der Waals surface area contributed by atoms with Gasteiger partial charge < -0.3 is 9.64 Å². The van der Waals surface area contributed by atoms with Gasteiger partial charge in [0, 0.05) is 19.2 Å². The molecule has 0 aliphatic rings. The van der Waals surface area contributed by atoms with E-state index in [0.717, 1.165) is 11.0 Å². The van der Waals surface area contributed by atoms with Crippen molar-refractivity contribution in [1.29, 1.82) is 0 Å². The van der Waals surface area contributed by atoms with E-state index in [1.54, 1.807) is 0 Å². The van der Waals surface area contributed by atoms with Gasteiger partial charge in [-0.15, -0.1) is 0 Å². The summed E-state index contributed by atoms with van der Waals surface area (Å²) in [5.41, 5.74) is -0.0205. The summed E-state index contributed by atoms with van der Waals surface area (Å²) in [6.07, 6.45) is -5.50. The summed E-state index contributed by atoms with van der Waals surface area (Å²) < 4.78 is 64.3.